The van der Waals surface area contributed by atoms with Crippen LogP contribution in [0.15, 0.2) is 0 Å². The fraction of sp³-hybridized carbons (Fsp3) is 0. The second-order valence-electron chi connectivity index (χ2n) is 0.860. The molecule has 0 aliphatic carbocycles. The normalized spacial score (nSPS) is 5.78. The average Bonchev–Trinajstić information content (AvgIpc) is 1.61. The van der Waals surface area contributed by atoms with Gasteiger partial charge in [0.1, 0.15) is 0 Å². The average molecular weight is 138 g/mol. The van der Waals surface area contributed by atoms with Crippen molar-refractivity contribution in [3.8, 4) is 11.8 Å². The molecule has 9 heavy (non-hydrogen) atoms. The molecule has 4 nitrogen and oxygen atoms in total. The van der Waals surface area contributed by atoms with Crippen LogP contribution in [-0.4, -0.2) is 22.2 Å². The second kappa shape index (κ2) is 5.63. The van der Waals surface area contributed by atoms with Crippen molar-refractivity contribution in [2.45, 2.75) is 0 Å². The number of carboxylic acids is 2. The molecule has 0 amide bonds. The zero-order valence-corrected chi connectivity index (χ0v) is 6.71. The van der Waals surface area contributed by atoms with Crippen LogP contribution in [0.1, 0.15) is 1.43 Å². The molecule has 0 aliphatic rings. The number of aliphatic carboxylic acids is 2. The van der Waals surface area contributed by atoms with Crippen molar-refractivity contribution in [2.75, 3.05) is 0 Å². The smallest absolute Gasteiger partial charge is 1.00 e. The quantitative estimate of drug-likeness (QED) is 0.266. The molecule has 0 aromatic rings. The van der Waals surface area contributed by atoms with Crippen LogP contribution in [0.2, 0.25) is 0 Å². The van der Waals surface area contributed by atoms with Gasteiger partial charge in [0.2, 0.25) is 0 Å². The van der Waals surface area contributed by atoms with Gasteiger partial charge in [-0.25, -0.2) is 9.59 Å². The van der Waals surface area contributed by atoms with Gasteiger partial charge in [0.15, 0.2) is 0 Å². The molecule has 0 heterocycles. The zero-order chi connectivity index (χ0) is 6.57. The molecular formula is C4H3NaO4. The van der Waals surface area contributed by atoms with Crippen molar-refractivity contribution >= 4 is 11.9 Å². The molecule has 0 aliphatic heterocycles. The Bertz CT molecular complexity index is 161. The van der Waals surface area contributed by atoms with Crippen molar-refractivity contribution < 1.29 is 50.8 Å². The van der Waals surface area contributed by atoms with Gasteiger partial charge in [-0.15, -0.1) is 0 Å². The molecule has 0 radical (unpaired) electrons. The molecule has 0 atom stereocenters. The summed E-state index contributed by atoms with van der Waals surface area (Å²) in [6, 6.07) is 0. The molecule has 0 bridgehead atoms. The minimum atomic E-state index is -1.44. The van der Waals surface area contributed by atoms with Crippen LogP contribution in [0.5, 0.6) is 0 Å². The molecule has 0 unspecified atom stereocenters. The molecular weight excluding hydrogens is 135 g/mol. The molecule has 0 saturated heterocycles. The first kappa shape index (κ1) is 11.3. The predicted octanol–water partition coefficient (Wildman–Crippen LogP) is -3.72. The molecule has 5 heteroatoms. The fourth-order valence-corrected chi connectivity index (χ4v) is 0.107. The molecule has 0 aromatic carbocycles. The molecule has 0 aromatic heterocycles. The Balaban J connectivity index is -0.000000245. The Morgan fingerprint density at radius 1 is 1.11 bits per heavy atom. The minimum Gasteiger partial charge on any atom is -1.00 e. The van der Waals surface area contributed by atoms with Gasteiger partial charge < -0.3 is 11.6 Å². The zero-order valence-electron chi connectivity index (χ0n) is 5.71. The van der Waals surface area contributed by atoms with Crippen molar-refractivity contribution in [3.05, 3.63) is 0 Å². The third kappa shape index (κ3) is 11.2. The maximum Gasteiger partial charge on any atom is 1.00 e. The van der Waals surface area contributed by atoms with Crippen LogP contribution in [0.3, 0.4) is 0 Å². The van der Waals surface area contributed by atoms with Crippen molar-refractivity contribution in [2.24, 2.45) is 0 Å². The van der Waals surface area contributed by atoms with E-state index in [4.69, 9.17) is 10.2 Å². The Morgan fingerprint density at radius 3 is 1.44 bits per heavy atom. The standard InChI is InChI=1S/C4H2O4.Na.H/c5-3(6)1-2-4(7)8;;/h(H,5,6)(H,7,8);;/q;+1;-1. The number of carboxylic acid groups (broad SMARTS) is 2. The maximum atomic E-state index is 9.47. The van der Waals surface area contributed by atoms with Gasteiger partial charge in [-0.1, -0.05) is 0 Å². The Morgan fingerprint density at radius 2 is 1.33 bits per heavy atom. The van der Waals surface area contributed by atoms with E-state index in [1.807, 2.05) is 0 Å². The van der Waals surface area contributed by atoms with E-state index in [9.17, 15) is 9.59 Å². The van der Waals surface area contributed by atoms with Crippen LogP contribution in [0.4, 0.5) is 0 Å². The van der Waals surface area contributed by atoms with Crippen LogP contribution in [-0.2, 0) is 9.59 Å². The van der Waals surface area contributed by atoms with Gasteiger partial charge in [0.25, 0.3) is 0 Å². The van der Waals surface area contributed by atoms with E-state index in [0.29, 0.717) is 0 Å². The topological polar surface area (TPSA) is 74.6 Å². The summed E-state index contributed by atoms with van der Waals surface area (Å²) < 4.78 is 0. The summed E-state index contributed by atoms with van der Waals surface area (Å²) >= 11 is 0. The summed E-state index contributed by atoms with van der Waals surface area (Å²) in [4.78, 5) is 18.9. The number of hydrogen-bond acceptors (Lipinski definition) is 2. The van der Waals surface area contributed by atoms with Gasteiger partial charge in [0, 0.05) is 11.8 Å². The van der Waals surface area contributed by atoms with E-state index >= 15 is 0 Å². The van der Waals surface area contributed by atoms with E-state index in [0.717, 1.165) is 0 Å². The Hall–Kier alpha value is -0.500. The van der Waals surface area contributed by atoms with Gasteiger partial charge >= 0.3 is 41.5 Å². The molecule has 0 spiro atoms. The minimum absolute atomic E-state index is 0. The molecule has 0 rings (SSSR count). The van der Waals surface area contributed by atoms with E-state index in [1.54, 1.807) is 0 Å². The first-order chi connectivity index (χ1) is 3.63. The van der Waals surface area contributed by atoms with E-state index in [-0.39, 0.29) is 31.0 Å². The number of hydrogen-bond donors (Lipinski definition) is 2. The summed E-state index contributed by atoms with van der Waals surface area (Å²) in [6.07, 6.45) is 0. The first-order valence-corrected chi connectivity index (χ1v) is 1.61. The van der Waals surface area contributed by atoms with Crippen molar-refractivity contribution in [3.63, 3.8) is 0 Å². The third-order valence-corrected chi connectivity index (χ3v) is 0.276. The Labute approximate surface area is 74.6 Å². The summed E-state index contributed by atoms with van der Waals surface area (Å²) in [5.74, 6) is -0.0511. The summed E-state index contributed by atoms with van der Waals surface area (Å²) in [5, 5.41) is 15.5. The van der Waals surface area contributed by atoms with E-state index in [2.05, 4.69) is 0 Å². The van der Waals surface area contributed by atoms with Crippen molar-refractivity contribution in [1.82, 2.24) is 0 Å². The summed E-state index contributed by atoms with van der Waals surface area (Å²) in [5.41, 5.74) is 0. The van der Waals surface area contributed by atoms with Gasteiger partial charge in [0.05, 0.1) is 0 Å². The SMILES string of the molecule is O=C(O)C#CC(=O)O.[H-].[Na+]. The van der Waals surface area contributed by atoms with Crippen LogP contribution in [0.25, 0.3) is 0 Å². The molecule has 2 N–H and O–H groups in total. The van der Waals surface area contributed by atoms with Crippen LogP contribution < -0.4 is 29.6 Å². The first-order valence-electron chi connectivity index (χ1n) is 1.61. The molecule has 44 valence electrons. The van der Waals surface area contributed by atoms with Gasteiger partial charge in [-0.3, -0.25) is 0 Å². The predicted molar refractivity (Wildman–Crippen MR) is 24.2 cm³/mol. The van der Waals surface area contributed by atoms with Crippen molar-refractivity contribution in [1.29, 1.82) is 0 Å². The molecule has 0 saturated carbocycles. The Kier molecular flexibility index (Phi) is 7.08. The van der Waals surface area contributed by atoms with E-state index in [1.165, 1.54) is 11.8 Å². The van der Waals surface area contributed by atoms with Gasteiger partial charge in [-0.2, -0.15) is 0 Å². The number of carbonyl (C=O) groups is 2. The van der Waals surface area contributed by atoms with E-state index < -0.39 is 11.9 Å². The van der Waals surface area contributed by atoms with Gasteiger partial charge in [-0.05, 0) is 0 Å². The van der Waals surface area contributed by atoms with Crippen LogP contribution in [0, 0.1) is 11.8 Å². The van der Waals surface area contributed by atoms with Crippen LogP contribution >= 0.6 is 0 Å². The largest absolute Gasteiger partial charge is 1.00 e. The third-order valence-electron chi connectivity index (χ3n) is 0.276. The summed E-state index contributed by atoms with van der Waals surface area (Å²) in [7, 11) is 0. The second-order valence-corrected chi connectivity index (χ2v) is 0.860. The maximum absolute atomic E-state index is 9.47. The molecule has 0 fully saturated rings. The summed E-state index contributed by atoms with van der Waals surface area (Å²) in [6.45, 7) is 0. The monoisotopic (exact) mass is 138 g/mol. The number of rotatable bonds is 0. The fourth-order valence-electron chi connectivity index (χ4n) is 0.107.